The number of nitrogens with two attached hydrogens (primary N) is 1. The Morgan fingerprint density at radius 1 is 1.47 bits per heavy atom. The summed E-state index contributed by atoms with van der Waals surface area (Å²) >= 11 is 0. The molecule has 0 saturated heterocycles. The van der Waals surface area contributed by atoms with Crippen LogP contribution in [0.5, 0.6) is 0 Å². The van der Waals surface area contributed by atoms with Gasteiger partial charge in [-0.05, 0) is 19.4 Å². The molecule has 1 heterocycles. The van der Waals surface area contributed by atoms with Crippen LogP contribution in [0, 0.1) is 0 Å². The molecule has 0 radical (unpaired) electrons. The molecule has 0 aliphatic rings. The topological polar surface area (TPSA) is 52.0 Å². The molecule has 0 amide bonds. The Balaban J connectivity index is 0.000000921. The van der Waals surface area contributed by atoms with E-state index >= 15 is 0 Å². The zero-order valence-corrected chi connectivity index (χ0v) is 9.95. The molecule has 3 heteroatoms. The van der Waals surface area contributed by atoms with E-state index in [2.05, 4.69) is 5.16 Å². The van der Waals surface area contributed by atoms with Crippen LogP contribution in [0.1, 0.15) is 39.1 Å². The van der Waals surface area contributed by atoms with E-state index in [0.717, 1.165) is 11.3 Å². The van der Waals surface area contributed by atoms with Gasteiger partial charge in [-0.15, -0.1) is 0 Å². The first-order chi connectivity index (χ1) is 7.31. The summed E-state index contributed by atoms with van der Waals surface area (Å²) in [4.78, 5) is 0. The van der Waals surface area contributed by atoms with Crippen molar-refractivity contribution >= 4 is 5.57 Å². The van der Waals surface area contributed by atoms with Gasteiger partial charge in [0.05, 0.1) is 6.54 Å². The molecule has 2 N–H and O–H groups in total. The highest BCUT2D eigenvalue weighted by atomic mass is 16.5. The SMILES string of the molecule is C/C=C\C(=C/C)c1cc(CN)on1.CC. The van der Waals surface area contributed by atoms with E-state index in [1.807, 2.05) is 52.0 Å². The highest BCUT2D eigenvalue weighted by Crippen LogP contribution is 2.15. The summed E-state index contributed by atoms with van der Waals surface area (Å²) in [5.41, 5.74) is 7.29. The van der Waals surface area contributed by atoms with Crippen LogP contribution in [0.2, 0.25) is 0 Å². The summed E-state index contributed by atoms with van der Waals surface area (Å²) in [5.74, 6) is 0.707. The summed E-state index contributed by atoms with van der Waals surface area (Å²) in [7, 11) is 0. The quantitative estimate of drug-likeness (QED) is 0.776. The second kappa shape index (κ2) is 8.00. The van der Waals surface area contributed by atoms with Crippen LogP contribution in [0.4, 0.5) is 0 Å². The van der Waals surface area contributed by atoms with Crippen LogP contribution in [-0.4, -0.2) is 5.16 Å². The average molecular weight is 208 g/mol. The van der Waals surface area contributed by atoms with E-state index in [0.29, 0.717) is 12.3 Å². The molecule has 0 spiro atoms. The third-order valence-electron chi connectivity index (χ3n) is 1.71. The first kappa shape index (κ1) is 13.7. The van der Waals surface area contributed by atoms with Gasteiger partial charge in [0.1, 0.15) is 5.69 Å². The van der Waals surface area contributed by atoms with Gasteiger partial charge in [-0.25, -0.2) is 0 Å². The van der Waals surface area contributed by atoms with Crippen molar-refractivity contribution in [3.63, 3.8) is 0 Å². The van der Waals surface area contributed by atoms with Crippen molar-refractivity contribution in [2.24, 2.45) is 5.73 Å². The summed E-state index contributed by atoms with van der Waals surface area (Å²) in [6.45, 7) is 8.32. The summed E-state index contributed by atoms with van der Waals surface area (Å²) in [5, 5.41) is 3.90. The summed E-state index contributed by atoms with van der Waals surface area (Å²) in [6.07, 6.45) is 5.93. The molecule has 0 aromatic carbocycles. The van der Waals surface area contributed by atoms with Gasteiger partial charge in [0.25, 0.3) is 0 Å². The highest BCUT2D eigenvalue weighted by molar-refractivity contribution is 5.71. The van der Waals surface area contributed by atoms with Crippen molar-refractivity contribution < 1.29 is 4.52 Å². The predicted molar refractivity (Wildman–Crippen MR) is 64.2 cm³/mol. The third kappa shape index (κ3) is 4.13. The Hall–Kier alpha value is -1.35. The molecule has 0 saturated carbocycles. The molecule has 0 bridgehead atoms. The van der Waals surface area contributed by atoms with Crippen molar-refractivity contribution in [1.82, 2.24) is 5.16 Å². The predicted octanol–water partition coefficient (Wildman–Crippen LogP) is 3.14. The van der Waals surface area contributed by atoms with E-state index in [1.165, 1.54) is 0 Å². The highest BCUT2D eigenvalue weighted by Gasteiger charge is 2.03. The van der Waals surface area contributed by atoms with Crippen molar-refractivity contribution in [2.45, 2.75) is 34.2 Å². The Morgan fingerprint density at radius 3 is 2.53 bits per heavy atom. The largest absolute Gasteiger partial charge is 0.359 e. The number of hydrogen-bond donors (Lipinski definition) is 1. The number of allylic oxidation sites excluding steroid dienone is 4. The fraction of sp³-hybridized carbons (Fsp3) is 0.417. The average Bonchev–Trinajstić information content (AvgIpc) is 2.77. The molecule has 84 valence electrons. The van der Waals surface area contributed by atoms with Crippen LogP contribution in [0.25, 0.3) is 5.57 Å². The van der Waals surface area contributed by atoms with Gasteiger partial charge in [0.15, 0.2) is 5.76 Å². The van der Waals surface area contributed by atoms with Gasteiger partial charge < -0.3 is 10.3 Å². The number of hydrogen-bond acceptors (Lipinski definition) is 3. The van der Waals surface area contributed by atoms with E-state index in [9.17, 15) is 0 Å². The minimum atomic E-state index is 0.389. The van der Waals surface area contributed by atoms with Crippen LogP contribution < -0.4 is 5.73 Å². The lowest BCUT2D eigenvalue weighted by atomic mass is 10.1. The number of rotatable bonds is 3. The third-order valence-corrected chi connectivity index (χ3v) is 1.71. The molecule has 0 atom stereocenters. The maximum absolute atomic E-state index is 5.41. The normalized spacial score (nSPS) is 11.4. The molecule has 15 heavy (non-hydrogen) atoms. The summed E-state index contributed by atoms with van der Waals surface area (Å²) < 4.78 is 4.99. The Morgan fingerprint density at radius 2 is 2.13 bits per heavy atom. The molecule has 0 fully saturated rings. The second-order valence-corrected chi connectivity index (χ2v) is 2.63. The van der Waals surface area contributed by atoms with Gasteiger partial charge in [0.2, 0.25) is 0 Å². The summed E-state index contributed by atoms with van der Waals surface area (Å²) in [6, 6.07) is 1.86. The van der Waals surface area contributed by atoms with Crippen molar-refractivity contribution in [3.05, 3.63) is 35.7 Å². The fourth-order valence-electron chi connectivity index (χ4n) is 1.05. The van der Waals surface area contributed by atoms with Crippen LogP contribution in [0.15, 0.2) is 28.8 Å². The Labute approximate surface area is 91.6 Å². The van der Waals surface area contributed by atoms with E-state index < -0.39 is 0 Å². The zero-order valence-electron chi connectivity index (χ0n) is 9.95. The van der Waals surface area contributed by atoms with Gasteiger partial charge in [-0.1, -0.05) is 37.2 Å². The number of aromatic nitrogens is 1. The molecular formula is C12H20N2O. The van der Waals surface area contributed by atoms with Crippen molar-refractivity contribution in [2.75, 3.05) is 0 Å². The molecule has 1 aromatic rings. The molecular weight excluding hydrogens is 188 g/mol. The van der Waals surface area contributed by atoms with Crippen molar-refractivity contribution in [3.8, 4) is 0 Å². The monoisotopic (exact) mass is 208 g/mol. The Kier molecular flexibility index (Phi) is 7.28. The zero-order chi connectivity index (χ0) is 11.7. The number of nitrogens with zero attached hydrogens (tertiary/aromatic N) is 1. The van der Waals surface area contributed by atoms with Crippen LogP contribution >= 0.6 is 0 Å². The molecule has 3 nitrogen and oxygen atoms in total. The Bertz CT molecular complexity index is 324. The van der Waals surface area contributed by atoms with E-state index in [-0.39, 0.29) is 0 Å². The first-order valence-electron chi connectivity index (χ1n) is 5.26. The molecule has 0 aliphatic carbocycles. The standard InChI is InChI=1S/C10H14N2O.C2H6/c1-3-5-8(4-2)10-6-9(7-11)13-12-10;1-2/h3-6H,7,11H2,1-2H3;1-2H3/b5-3-,8-4+;. The molecule has 1 aromatic heterocycles. The van der Waals surface area contributed by atoms with Crippen LogP contribution in [-0.2, 0) is 6.54 Å². The smallest absolute Gasteiger partial charge is 0.150 e. The lowest BCUT2D eigenvalue weighted by Crippen LogP contribution is -1.92. The maximum atomic E-state index is 5.41. The maximum Gasteiger partial charge on any atom is 0.150 e. The lowest BCUT2D eigenvalue weighted by Gasteiger charge is -1.91. The molecule has 0 aliphatic heterocycles. The van der Waals surface area contributed by atoms with Gasteiger partial charge in [-0.3, -0.25) is 0 Å². The minimum absolute atomic E-state index is 0.389. The lowest BCUT2D eigenvalue weighted by molar-refractivity contribution is 0.383. The molecule has 1 rings (SSSR count). The van der Waals surface area contributed by atoms with E-state index in [4.69, 9.17) is 10.3 Å². The fourth-order valence-corrected chi connectivity index (χ4v) is 1.05. The minimum Gasteiger partial charge on any atom is -0.359 e. The second-order valence-electron chi connectivity index (χ2n) is 2.63. The van der Waals surface area contributed by atoms with Crippen LogP contribution in [0.3, 0.4) is 0 Å². The molecule has 0 unspecified atom stereocenters. The van der Waals surface area contributed by atoms with Gasteiger partial charge >= 0.3 is 0 Å². The van der Waals surface area contributed by atoms with E-state index in [1.54, 1.807) is 0 Å². The van der Waals surface area contributed by atoms with Gasteiger partial charge in [-0.2, -0.15) is 0 Å². The van der Waals surface area contributed by atoms with Gasteiger partial charge in [0, 0.05) is 6.07 Å². The first-order valence-corrected chi connectivity index (χ1v) is 5.26. The van der Waals surface area contributed by atoms with Crippen molar-refractivity contribution in [1.29, 1.82) is 0 Å².